The van der Waals surface area contributed by atoms with Crippen molar-refractivity contribution in [2.45, 2.75) is 48.8 Å². The van der Waals surface area contributed by atoms with Crippen LogP contribution in [0.15, 0.2) is 26.0 Å². The first-order valence-electron chi connectivity index (χ1n) is 6.84. The van der Waals surface area contributed by atoms with Gasteiger partial charge in [-0.25, -0.2) is 13.1 Å². The van der Waals surface area contributed by atoms with Gasteiger partial charge in [0.25, 0.3) is 0 Å². The highest BCUT2D eigenvalue weighted by Crippen LogP contribution is 2.31. The highest BCUT2D eigenvalue weighted by Gasteiger charge is 2.26. The second kappa shape index (κ2) is 7.34. The van der Waals surface area contributed by atoms with E-state index < -0.39 is 10.0 Å². The molecular weight excluding hydrogens is 438 g/mol. The van der Waals surface area contributed by atoms with Gasteiger partial charge in [0.2, 0.25) is 10.0 Å². The third-order valence-electron chi connectivity index (χ3n) is 3.83. The molecule has 0 atom stereocenters. The molecule has 1 aromatic carbocycles. The van der Waals surface area contributed by atoms with Crippen LogP contribution in [-0.4, -0.2) is 26.0 Å². The summed E-state index contributed by atoms with van der Waals surface area (Å²) in [5, 5.41) is 0.672. The highest BCUT2D eigenvalue weighted by molar-refractivity contribution is 9.11. The molecule has 2 rings (SSSR count). The minimum atomic E-state index is -3.49. The molecule has 1 aliphatic rings. The van der Waals surface area contributed by atoms with Gasteiger partial charge in [0.1, 0.15) is 0 Å². The molecular formula is C14H19Br2NO2S2. The average molecular weight is 457 g/mol. The highest BCUT2D eigenvalue weighted by atomic mass is 79.9. The maximum Gasteiger partial charge on any atom is 0.241 e. The van der Waals surface area contributed by atoms with Crippen LogP contribution in [0.1, 0.15) is 31.2 Å². The molecule has 7 heteroatoms. The minimum Gasteiger partial charge on any atom is -0.208 e. The predicted octanol–water partition coefficient (Wildman–Crippen LogP) is 4.47. The van der Waals surface area contributed by atoms with Crippen LogP contribution >= 0.6 is 43.6 Å². The molecule has 0 saturated heterocycles. The largest absolute Gasteiger partial charge is 0.241 e. The Morgan fingerprint density at radius 1 is 1.14 bits per heavy atom. The third-order valence-corrected chi connectivity index (χ3v) is 8.30. The Morgan fingerprint density at radius 3 is 2.33 bits per heavy atom. The lowest BCUT2D eigenvalue weighted by molar-refractivity contribution is 0.420. The van der Waals surface area contributed by atoms with E-state index in [1.54, 1.807) is 6.07 Å². The van der Waals surface area contributed by atoms with E-state index in [1.807, 2.05) is 24.8 Å². The van der Waals surface area contributed by atoms with Crippen molar-refractivity contribution in [3.05, 3.63) is 26.6 Å². The van der Waals surface area contributed by atoms with Gasteiger partial charge in [0, 0.05) is 20.2 Å². The zero-order valence-corrected chi connectivity index (χ0v) is 16.8. The van der Waals surface area contributed by atoms with Gasteiger partial charge in [-0.05, 0) is 72.5 Å². The zero-order valence-electron chi connectivity index (χ0n) is 12.0. The topological polar surface area (TPSA) is 46.2 Å². The molecule has 1 aliphatic carbocycles. The lowest BCUT2D eigenvalue weighted by atomic mass is 9.96. The minimum absolute atomic E-state index is 0.0466. The fraction of sp³-hybridized carbons (Fsp3) is 0.571. The number of hydrogen-bond acceptors (Lipinski definition) is 3. The summed E-state index contributed by atoms with van der Waals surface area (Å²) in [6.07, 6.45) is 6.10. The second-order valence-corrected chi connectivity index (χ2v) is 9.89. The molecule has 0 aliphatic heterocycles. The normalized spacial score (nSPS) is 23.2. The maximum atomic E-state index is 12.6. The van der Waals surface area contributed by atoms with Gasteiger partial charge in [-0.15, -0.1) is 0 Å². The number of sulfonamides is 1. The Balaban J connectivity index is 2.14. The van der Waals surface area contributed by atoms with Crippen LogP contribution < -0.4 is 4.72 Å². The van der Waals surface area contributed by atoms with Crippen LogP contribution in [0.2, 0.25) is 0 Å². The van der Waals surface area contributed by atoms with Crippen molar-refractivity contribution in [1.29, 1.82) is 0 Å². The number of benzene rings is 1. The van der Waals surface area contributed by atoms with Gasteiger partial charge in [-0.2, -0.15) is 11.8 Å². The van der Waals surface area contributed by atoms with Crippen LogP contribution in [0.25, 0.3) is 0 Å². The van der Waals surface area contributed by atoms with Crippen LogP contribution in [0.3, 0.4) is 0 Å². The molecule has 1 fully saturated rings. The van der Waals surface area contributed by atoms with Crippen LogP contribution in [0.5, 0.6) is 0 Å². The van der Waals surface area contributed by atoms with Crippen LogP contribution in [-0.2, 0) is 10.0 Å². The Hall–Kier alpha value is 0.440. The number of rotatable bonds is 4. The molecule has 1 N–H and O–H groups in total. The molecule has 0 heterocycles. The van der Waals surface area contributed by atoms with Crippen molar-refractivity contribution in [1.82, 2.24) is 4.72 Å². The summed E-state index contributed by atoms with van der Waals surface area (Å²) in [6.45, 7) is 1.93. The van der Waals surface area contributed by atoms with E-state index in [1.165, 1.54) is 0 Å². The summed E-state index contributed by atoms with van der Waals surface area (Å²) in [5.74, 6) is 0. The van der Waals surface area contributed by atoms with Gasteiger partial charge in [-0.1, -0.05) is 15.9 Å². The van der Waals surface area contributed by atoms with Gasteiger partial charge in [0.15, 0.2) is 0 Å². The Morgan fingerprint density at radius 2 is 1.76 bits per heavy atom. The molecule has 118 valence electrons. The van der Waals surface area contributed by atoms with Crippen LogP contribution in [0, 0.1) is 6.92 Å². The third kappa shape index (κ3) is 4.47. The summed E-state index contributed by atoms with van der Waals surface area (Å²) in [4.78, 5) is 0.298. The van der Waals surface area contributed by atoms with E-state index in [2.05, 4.69) is 42.8 Å². The van der Waals surface area contributed by atoms with E-state index in [0.717, 1.165) is 35.7 Å². The Labute approximate surface area is 148 Å². The SMILES string of the molecule is CSC1CCC(NS(=O)(=O)c2cc(Br)c(C)cc2Br)CC1. The summed E-state index contributed by atoms with van der Waals surface area (Å²) in [6, 6.07) is 3.53. The molecule has 1 aromatic rings. The molecule has 0 amide bonds. The number of halogens is 2. The second-order valence-electron chi connectivity index (χ2n) is 5.36. The van der Waals surface area contributed by atoms with E-state index in [-0.39, 0.29) is 6.04 Å². The first-order chi connectivity index (χ1) is 9.83. The van der Waals surface area contributed by atoms with Gasteiger partial charge >= 0.3 is 0 Å². The predicted molar refractivity (Wildman–Crippen MR) is 96.5 cm³/mol. The molecule has 21 heavy (non-hydrogen) atoms. The number of aryl methyl sites for hydroxylation is 1. The van der Waals surface area contributed by atoms with Gasteiger partial charge < -0.3 is 0 Å². The van der Waals surface area contributed by atoms with Crippen molar-refractivity contribution in [2.75, 3.05) is 6.26 Å². The van der Waals surface area contributed by atoms with Crippen molar-refractivity contribution in [3.63, 3.8) is 0 Å². The summed E-state index contributed by atoms with van der Waals surface area (Å²) in [7, 11) is -3.49. The van der Waals surface area contributed by atoms with E-state index in [9.17, 15) is 8.42 Å². The van der Waals surface area contributed by atoms with Crippen LogP contribution in [0.4, 0.5) is 0 Å². The molecule has 0 aromatic heterocycles. The summed E-state index contributed by atoms with van der Waals surface area (Å²) >= 11 is 8.64. The fourth-order valence-electron chi connectivity index (χ4n) is 2.53. The van der Waals surface area contributed by atoms with Crippen molar-refractivity contribution >= 4 is 53.6 Å². The molecule has 0 unspecified atom stereocenters. The smallest absolute Gasteiger partial charge is 0.208 e. The average Bonchev–Trinajstić information content (AvgIpc) is 2.43. The number of nitrogens with one attached hydrogen (secondary N) is 1. The van der Waals surface area contributed by atoms with Crippen molar-refractivity contribution < 1.29 is 8.42 Å². The maximum absolute atomic E-state index is 12.6. The number of thioether (sulfide) groups is 1. The van der Waals surface area contributed by atoms with E-state index >= 15 is 0 Å². The summed E-state index contributed by atoms with van der Waals surface area (Å²) < 4.78 is 29.4. The van der Waals surface area contributed by atoms with E-state index in [0.29, 0.717) is 14.6 Å². The van der Waals surface area contributed by atoms with E-state index in [4.69, 9.17) is 0 Å². The zero-order chi connectivity index (χ0) is 15.6. The standard InChI is InChI=1S/C14H19Br2NO2S2/c1-9-7-13(16)14(8-12(9)15)21(18,19)17-10-3-5-11(20-2)6-4-10/h7-8,10-11,17H,3-6H2,1-2H3. The molecule has 0 spiro atoms. The van der Waals surface area contributed by atoms with Crippen molar-refractivity contribution in [3.8, 4) is 0 Å². The fourth-order valence-corrected chi connectivity index (χ4v) is 6.26. The molecule has 0 radical (unpaired) electrons. The summed E-state index contributed by atoms with van der Waals surface area (Å²) in [5.41, 5.74) is 1.00. The van der Waals surface area contributed by atoms with Gasteiger partial charge in [0.05, 0.1) is 4.90 Å². The first-order valence-corrected chi connectivity index (χ1v) is 11.2. The quantitative estimate of drug-likeness (QED) is 0.726. The first kappa shape index (κ1) is 17.8. The van der Waals surface area contributed by atoms with Crippen molar-refractivity contribution in [2.24, 2.45) is 0 Å². The monoisotopic (exact) mass is 455 g/mol. The Bertz CT molecular complexity index is 612. The lowest BCUT2D eigenvalue weighted by Gasteiger charge is -2.28. The lowest BCUT2D eigenvalue weighted by Crippen LogP contribution is -2.38. The molecule has 1 saturated carbocycles. The number of hydrogen-bond donors (Lipinski definition) is 1. The molecule has 0 bridgehead atoms. The molecule has 3 nitrogen and oxygen atoms in total. The van der Waals surface area contributed by atoms with Gasteiger partial charge in [-0.3, -0.25) is 0 Å². The Kier molecular flexibility index (Phi) is 6.22.